The summed E-state index contributed by atoms with van der Waals surface area (Å²) in [6.07, 6.45) is -10.2. The summed E-state index contributed by atoms with van der Waals surface area (Å²) in [5.41, 5.74) is -5.96. The summed E-state index contributed by atoms with van der Waals surface area (Å²) >= 11 is 6.32. The molecule has 0 N–H and O–H groups in total. The third-order valence-corrected chi connectivity index (χ3v) is 12.3. The number of halogens is 9. The summed E-state index contributed by atoms with van der Waals surface area (Å²) in [4.78, 5) is 13.8. The lowest BCUT2D eigenvalue weighted by Crippen LogP contribution is -2.40. The van der Waals surface area contributed by atoms with E-state index >= 15 is 0 Å². The van der Waals surface area contributed by atoms with E-state index in [1.165, 1.54) is 0 Å². The maximum atomic E-state index is 14.8. The first-order valence-corrected chi connectivity index (χ1v) is 16.4. The van der Waals surface area contributed by atoms with E-state index in [9.17, 15) is 39.9 Å². The van der Waals surface area contributed by atoms with Crippen molar-refractivity contribution in [3.63, 3.8) is 0 Å². The monoisotopic (exact) mass is 680 g/mol. The first-order chi connectivity index (χ1) is 20.6. The summed E-state index contributed by atoms with van der Waals surface area (Å²) in [6, 6.07) is 3.87. The van der Waals surface area contributed by atoms with Crippen molar-refractivity contribution in [3.8, 4) is 11.3 Å². The minimum atomic E-state index is -5.10. The van der Waals surface area contributed by atoms with Gasteiger partial charge in [-0.25, -0.2) is 13.5 Å². The number of ketones is 1. The Morgan fingerprint density at radius 2 is 1.53 bits per heavy atom. The van der Waals surface area contributed by atoms with Crippen LogP contribution in [0.3, 0.4) is 0 Å². The summed E-state index contributed by atoms with van der Waals surface area (Å²) in [6.45, 7) is 8.58. The Morgan fingerprint density at radius 1 is 0.978 bits per heavy atom. The minimum absolute atomic E-state index is 0.0376. The molecule has 242 valence electrons. The molecule has 0 aliphatic rings. The number of carbonyl (C=O) groups excluding carboxylic acids is 1. The van der Waals surface area contributed by atoms with E-state index in [4.69, 9.17) is 20.6 Å². The van der Waals surface area contributed by atoms with Crippen molar-refractivity contribution in [3.05, 3.63) is 86.9 Å². The van der Waals surface area contributed by atoms with E-state index in [0.717, 1.165) is 18.2 Å². The van der Waals surface area contributed by atoms with Crippen LogP contribution in [0.2, 0.25) is 23.3 Å². The highest BCUT2D eigenvalue weighted by Crippen LogP contribution is 2.39. The molecule has 45 heavy (non-hydrogen) atoms. The summed E-state index contributed by atoms with van der Waals surface area (Å²) in [5, 5.41) is 10.2. The molecule has 7 nitrogen and oxygen atoms in total. The molecule has 0 saturated carbocycles. The van der Waals surface area contributed by atoms with Crippen LogP contribution in [-0.4, -0.2) is 34.3 Å². The minimum Gasteiger partial charge on any atom is -0.409 e. The molecule has 2 aromatic carbocycles. The molecule has 0 radical (unpaired) electrons. The van der Waals surface area contributed by atoms with Gasteiger partial charge in [0, 0.05) is 0 Å². The molecular weight excluding hydrogens is 656 g/mol. The van der Waals surface area contributed by atoms with E-state index in [1.807, 2.05) is 33.9 Å². The van der Waals surface area contributed by atoms with Gasteiger partial charge in [-0.15, -0.1) is 5.10 Å². The highest BCUT2D eigenvalue weighted by Gasteiger charge is 2.40. The quantitative estimate of drug-likeness (QED) is 0.105. The maximum Gasteiger partial charge on any atom is 0.416 e. The fraction of sp³-hybridized carbons (Fsp3) is 0.357. The normalized spacial score (nSPS) is 13.0. The van der Waals surface area contributed by atoms with Gasteiger partial charge in [0.25, 0.3) is 0 Å². The van der Waals surface area contributed by atoms with Gasteiger partial charge in [0.2, 0.25) is 5.78 Å². The van der Waals surface area contributed by atoms with Gasteiger partial charge >= 0.3 is 12.4 Å². The number of aromatic nitrogens is 4. The smallest absolute Gasteiger partial charge is 0.409 e. The van der Waals surface area contributed by atoms with Crippen LogP contribution in [0.5, 0.6) is 0 Å². The predicted octanol–water partition coefficient (Wildman–Crippen LogP) is 8.70. The van der Waals surface area contributed by atoms with Crippen LogP contribution in [0.25, 0.3) is 11.3 Å². The lowest BCUT2D eigenvalue weighted by atomic mass is 10.0. The van der Waals surface area contributed by atoms with Gasteiger partial charge < -0.3 is 8.95 Å². The van der Waals surface area contributed by atoms with Crippen LogP contribution in [0.15, 0.2) is 40.9 Å². The lowest BCUT2D eigenvalue weighted by Gasteiger charge is -2.35. The highest BCUT2D eigenvalue weighted by atomic mass is 35.5. The van der Waals surface area contributed by atoms with Crippen molar-refractivity contribution < 1.29 is 48.9 Å². The zero-order valence-corrected chi connectivity index (χ0v) is 26.0. The number of hydrogen-bond acceptors (Lipinski definition) is 6. The molecular formula is C28H25ClF8N4O3Si. The topological polar surface area (TPSA) is 83.0 Å². The van der Waals surface area contributed by atoms with E-state index in [-0.39, 0.29) is 23.5 Å². The third-order valence-electron chi connectivity index (χ3n) is 7.43. The standard InChI is InChI=1S/C28H25ClF8N4O3Si/c1-26(2,3)45(4,5)43-13-19-21(22(39-44-19)20-17(30)7-6-8-18(20)31)24(42)23-25(29)41(40-38-23)12-14-9-15(27(32,33)34)11-16(10-14)28(35,36)37/h6-11H,12-13H2,1-5H3. The first kappa shape index (κ1) is 34.2. The van der Waals surface area contributed by atoms with Gasteiger partial charge in [0.1, 0.15) is 17.3 Å². The number of rotatable bonds is 8. The van der Waals surface area contributed by atoms with Crippen molar-refractivity contribution in [1.29, 1.82) is 0 Å². The second kappa shape index (κ2) is 11.9. The van der Waals surface area contributed by atoms with Crippen LogP contribution in [0.1, 0.15) is 59.3 Å². The number of carbonyl (C=O) groups is 1. The molecule has 0 saturated heterocycles. The van der Waals surface area contributed by atoms with E-state index in [1.54, 1.807) is 0 Å². The zero-order valence-electron chi connectivity index (χ0n) is 24.3. The fourth-order valence-corrected chi connectivity index (χ4v) is 5.10. The largest absolute Gasteiger partial charge is 0.416 e. The van der Waals surface area contributed by atoms with Gasteiger partial charge in [-0.2, -0.15) is 26.3 Å². The van der Waals surface area contributed by atoms with Crippen LogP contribution in [-0.2, 0) is 29.9 Å². The van der Waals surface area contributed by atoms with Gasteiger partial charge in [-0.05, 0) is 54.0 Å². The van der Waals surface area contributed by atoms with Crippen molar-refractivity contribution in [2.75, 3.05) is 0 Å². The van der Waals surface area contributed by atoms with Crippen LogP contribution >= 0.6 is 11.6 Å². The fourth-order valence-electron chi connectivity index (χ4n) is 3.96. The van der Waals surface area contributed by atoms with E-state index in [0.29, 0.717) is 16.8 Å². The van der Waals surface area contributed by atoms with Crippen molar-refractivity contribution in [1.82, 2.24) is 20.2 Å². The van der Waals surface area contributed by atoms with Gasteiger partial charge in [-0.1, -0.05) is 48.8 Å². The van der Waals surface area contributed by atoms with Crippen molar-refractivity contribution in [2.45, 2.75) is 64.4 Å². The molecule has 0 amide bonds. The molecule has 4 aromatic rings. The predicted molar refractivity (Wildman–Crippen MR) is 148 cm³/mol. The first-order valence-electron chi connectivity index (χ1n) is 13.1. The van der Waals surface area contributed by atoms with Crippen LogP contribution in [0.4, 0.5) is 35.1 Å². The molecule has 0 aliphatic carbocycles. The Morgan fingerprint density at radius 3 is 2.04 bits per heavy atom. The molecule has 0 aliphatic heterocycles. The summed E-state index contributed by atoms with van der Waals surface area (Å²) < 4.78 is 122. The Bertz CT molecular complexity index is 1690. The average Bonchev–Trinajstić information content (AvgIpc) is 3.48. The number of benzene rings is 2. The Hall–Kier alpha value is -3.63. The van der Waals surface area contributed by atoms with Gasteiger partial charge in [-0.3, -0.25) is 4.79 Å². The molecule has 0 unspecified atom stereocenters. The lowest BCUT2D eigenvalue weighted by molar-refractivity contribution is -0.143. The third kappa shape index (κ3) is 7.12. The second-order valence-electron chi connectivity index (χ2n) is 11.6. The second-order valence-corrected chi connectivity index (χ2v) is 16.8. The number of hydrogen-bond donors (Lipinski definition) is 0. The van der Waals surface area contributed by atoms with Gasteiger partial charge in [0.15, 0.2) is 24.9 Å². The molecule has 2 aromatic heterocycles. The Balaban J connectivity index is 1.78. The molecule has 0 bridgehead atoms. The molecule has 0 fully saturated rings. The number of alkyl halides is 6. The summed E-state index contributed by atoms with van der Waals surface area (Å²) in [5.74, 6) is -3.46. The van der Waals surface area contributed by atoms with E-state index in [2.05, 4.69) is 15.5 Å². The SMILES string of the molecule is CC(C)(C)[Si](C)(C)OCc1onc(-c2c(F)cccc2F)c1C(=O)c1nnn(Cc2cc(C(F)(F)F)cc(C(F)(F)F)c2)c1Cl. The van der Waals surface area contributed by atoms with Gasteiger partial charge in [0.05, 0.1) is 35.4 Å². The summed E-state index contributed by atoms with van der Waals surface area (Å²) in [7, 11) is -2.47. The average molecular weight is 681 g/mol. The van der Waals surface area contributed by atoms with Crippen molar-refractivity contribution >= 4 is 25.7 Å². The molecule has 2 heterocycles. The Labute approximate surface area is 257 Å². The highest BCUT2D eigenvalue weighted by molar-refractivity contribution is 6.74. The zero-order chi connectivity index (χ0) is 33.7. The molecule has 0 atom stereocenters. The molecule has 0 spiro atoms. The number of nitrogens with zero attached hydrogens (tertiary/aromatic N) is 4. The van der Waals surface area contributed by atoms with E-state index < -0.39 is 89.0 Å². The maximum absolute atomic E-state index is 14.8. The Kier molecular flexibility index (Phi) is 9.09. The van der Waals surface area contributed by atoms with Crippen LogP contribution in [0, 0.1) is 11.6 Å². The molecule has 17 heteroatoms. The van der Waals surface area contributed by atoms with Crippen LogP contribution < -0.4 is 0 Å². The van der Waals surface area contributed by atoms with Crippen molar-refractivity contribution in [2.24, 2.45) is 0 Å². The molecule has 4 rings (SSSR count).